The smallest absolute Gasteiger partial charge is 0.324 e. The van der Waals surface area contributed by atoms with Crippen molar-refractivity contribution in [1.82, 2.24) is 4.90 Å². The summed E-state index contributed by atoms with van der Waals surface area (Å²) in [5.41, 5.74) is -2.01. The Morgan fingerprint density at radius 2 is 1.11 bits per heavy atom. The van der Waals surface area contributed by atoms with E-state index < -0.39 is 65.0 Å². The second-order valence-corrected chi connectivity index (χ2v) is 13.4. The van der Waals surface area contributed by atoms with Crippen molar-refractivity contribution in [3.8, 4) is 16.9 Å². The summed E-state index contributed by atoms with van der Waals surface area (Å²) in [5.74, 6) is -3.68. The van der Waals surface area contributed by atoms with Gasteiger partial charge in [0, 0.05) is 25.5 Å². The lowest BCUT2D eigenvalue weighted by Gasteiger charge is -2.35. The van der Waals surface area contributed by atoms with E-state index in [1.807, 2.05) is 0 Å². The number of hydrogen-bond donors (Lipinski definition) is 0. The topological polar surface area (TPSA) is 133 Å². The van der Waals surface area contributed by atoms with E-state index in [9.17, 15) is 28.8 Å². The summed E-state index contributed by atoms with van der Waals surface area (Å²) >= 11 is 0. The summed E-state index contributed by atoms with van der Waals surface area (Å²) in [6.07, 6.45) is -1.03. The van der Waals surface area contributed by atoms with Crippen LogP contribution >= 0.6 is 0 Å². The Hall–Kier alpha value is -5.12. The molecule has 0 unspecified atom stereocenters. The third-order valence-electron chi connectivity index (χ3n) is 7.34. The second kappa shape index (κ2) is 13.3. The van der Waals surface area contributed by atoms with E-state index in [4.69, 9.17) is 14.2 Å². The van der Waals surface area contributed by atoms with Crippen molar-refractivity contribution in [2.75, 3.05) is 6.54 Å². The first-order valence-corrected chi connectivity index (χ1v) is 15.2. The van der Waals surface area contributed by atoms with Crippen LogP contribution in [0.3, 0.4) is 0 Å². The van der Waals surface area contributed by atoms with E-state index >= 15 is 0 Å². The van der Waals surface area contributed by atoms with Crippen LogP contribution in [0.2, 0.25) is 0 Å². The number of hydrogen-bond acceptors (Lipinski definition) is 9. The number of fused-ring (bicyclic) bond motifs is 1. The van der Waals surface area contributed by atoms with Gasteiger partial charge in [-0.05, 0) is 83.4 Å². The molecule has 2 amide bonds. The monoisotopic (exact) mass is 641 g/mol. The van der Waals surface area contributed by atoms with E-state index in [2.05, 4.69) is 0 Å². The standard InChI is InChI=1S/C37H39NO9/c1-23(39)45-27-18-16-25(17-19-27)24-12-14-26(15-13-24)30(40)22-37(33(43)46-35(2,3)4,34(44)47-36(5,6)7)20-21-38-31(41)28-10-8-9-11-29(28)32(38)42/h8-19H,20-22H2,1-7H3. The Morgan fingerprint density at radius 3 is 1.53 bits per heavy atom. The van der Waals surface area contributed by atoms with Crippen LogP contribution in [0.5, 0.6) is 5.75 Å². The molecule has 246 valence electrons. The molecular weight excluding hydrogens is 602 g/mol. The van der Waals surface area contributed by atoms with Gasteiger partial charge in [-0.25, -0.2) is 0 Å². The number of Topliss-reactive ketones (excluding diaryl/α,β-unsaturated/α-hetero) is 1. The Kier molecular flexibility index (Phi) is 9.84. The molecule has 0 N–H and O–H groups in total. The molecule has 3 aromatic rings. The van der Waals surface area contributed by atoms with Gasteiger partial charge in [0.15, 0.2) is 11.2 Å². The van der Waals surface area contributed by atoms with Gasteiger partial charge >= 0.3 is 17.9 Å². The first-order valence-electron chi connectivity index (χ1n) is 15.2. The van der Waals surface area contributed by atoms with Crippen LogP contribution in [0.25, 0.3) is 11.1 Å². The van der Waals surface area contributed by atoms with Gasteiger partial charge in [-0.15, -0.1) is 0 Å². The van der Waals surface area contributed by atoms with Gasteiger partial charge in [0.25, 0.3) is 11.8 Å². The molecule has 0 radical (unpaired) electrons. The predicted molar refractivity (Wildman–Crippen MR) is 173 cm³/mol. The van der Waals surface area contributed by atoms with E-state index in [1.54, 1.807) is 102 Å². The summed E-state index contributed by atoms with van der Waals surface area (Å²) < 4.78 is 16.5. The zero-order chi connectivity index (χ0) is 34.7. The molecule has 3 aromatic carbocycles. The maximum absolute atomic E-state index is 14.0. The van der Waals surface area contributed by atoms with E-state index in [-0.39, 0.29) is 23.2 Å². The maximum Gasteiger partial charge on any atom is 0.324 e. The Morgan fingerprint density at radius 1 is 0.660 bits per heavy atom. The first-order chi connectivity index (χ1) is 21.9. The molecule has 0 spiro atoms. The number of rotatable bonds is 10. The molecule has 0 atom stereocenters. The van der Waals surface area contributed by atoms with E-state index in [0.717, 1.165) is 16.0 Å². The number of ether oxygens (including phenoxy) is 3. The molecule has 0 aliphatic carbocycles. The van der Waals surface area contributed by atoms with Gasteiger partial charge in [-0.1, -0.05) is 48.5 Å². The zero-order valence-electron chi connectivity index (χ0n) is 27.7. The first kappa shape index (κ1) is 34.7. The highest BCUT2D eigenvalue weighted by Gasteiger charge is 2.53. The fourth-order valence-corrected chi connectivity index (χ4v) is 5.12. The second-order valence-electron chi connectivity index (χ2n) is 13.4. The van der Waals surface area contributed by atoms with Gasteiger partial charge in [0.2, 0.25) is 0 Å². The largest absolute Gasteiger partial charge is 0.459 e. The predicted octanol–water partition coefficient (Wildman–Crippen LogP) is 6.21. The van der Waals surface area contributed by atoms with Crippen LogP contribution < -0.4 is 4.74 Å². The lowest BCUT2D eigenvalue weighted by Crippen LogP contribution is -2.50. The molecule has 1 aliphatic rings. The van der Waals surface area contributed by atoms with Crippen molar-refractivity contribution < 1.29 is 43.0 Å². The van der Waals surface area contributed by atoms with Crippen molar-refractivity contribution in [3.05, 3.63) is 89.5 Å². The zero-order valence-corrected chi connectivity index (χ0v) is 27.7. The molecule has 0 fully saturated rings. The highest BCUT2D eigenvalue weighted by Crippen LogP contribution is 2.37. The fraction of sp³-hybridized carbons (Fsp3) is 0.351. The van der Waals surface area contributed by atoms with Crippen molar-refractivity contribution in [2.24, 2.45) is 5.41 Å². The lowest BCUT2D eigenvalue weighted by atomic mass is 9.77. The fourth-order valence-electron chi connectivity index (χ4n) is 5.12. The molecule has 0 bridgehead atoms. The number of nitrogens with zero attached hydrogens (tertiary/aromatic N) is 1. The van der Waals surface area contributed by atoms with Crippen molar-refractivity contribution in [3.63, 3.8) is 0 Å². The number of benzene rings is 3. The molecular formula is C37H39NO9. The van der Waals surface area contributed by atoms with Crippen LogP contribution in [0.15, 0.2) is 72.8 Å². The number of amides is 2. The third kappa shape index (κ3) is 8.19. The minimum atomic E-state index is -2.18. The van der Waals surface area contributed by atoms with Crippen LogP contribution in [0, 0.1) is 5.41 Å². The molecule has 1 heterocycles. The highest BCUT2D eigenvalue weighted by molar-refractivity contribution is 6.21. The Balaban J connectivity index is 1.67. The van der Waals surface area contributed by atoms with Crippen molar-refractivity contribution in [2.45, 2.75) is 72.5 Å². The lowest BCUT2D eigenvalue weighted by molar-refractivity contribution is -0.186. The summed E-state index contributed by atoms with van der Waals surface area (Å²) in [6.45, 7) is 10.8. The average Bonchev–Trinajstić information content (AvgIpc) is 3.22. The quantitative estimate of drug-likeness (QED) is 0.0833. The minimum Gasteiger partial charge on any atom is -0.459 e. The molecule has 0 aromatic heterocycles. The normalized spacial score (nSPS) is 13.2. The van der Waals surface area contributed by atoms with Gasteiger partial charge in [-0.3, -0.25) is 33.7 Å². The van der Waals surface area contributed by atoms with Crippen molar-refractivity contribution in [1.29, 1.82) is 0 Å². The highest BCUT2D eigenvalue weighted by atomic mass is 16.6. The molecule has 10 heteroatoms. The van der Waals surface area contributed by atoms with Gasteiger partial charge < -0.3 is 14.2 Å². The summed E-state index contributed by atoms with van der Waals surface area (Å²) in [5, 5.41) is 0. The van der Waals surface area contributed by atoms with Crippen molar-refractivity contribution >= 4 is 35.5 Å². The van der Waals surface area contributed by atoms with Crippen LogP contribution in [-0.2, 0) is 23.9 Å². The number of ketones is 1. The summed E-state index contributed by atoms with van der Waals surface area (Å²) in [4.78, 5) is 80.4. The molecule has 47 heavy (non-hydrogen) atoms. The van der Waals surface area contributed by atoms with Crippen LogP contribution in [0.4, 0.5) is 0 Å². The minimum absolute atomic E-state index is 0.217. The Labute approximate surface area is 274 Å². The van der Waals surface area contributed by atoms with Crippen LogP contribution in [0.1, 0.15) is 92.4 Å². The number of imide groups is 1. The number of esters is 3. The SMILES string of the molecule is CC(=O)Oc1ccc(-c2ccc(C(=O)CC(CCN3C(=O)c4ccccc4C3=O)(C(=O)OC(C)(C)C)C(=O)OC(C)(C)C)cc2)cc1. The Bertz CT molecular complexity index is 1650. The maximum atomic E-state index is 14.0. The third-order valence-corrected chi connectivity index (χ3v) is 7.34. The molecule has 0 saturated carbocycles. The van der Waals surface area contributed by atoms with Gasteiger partial charge in [0.1, 0.15) is 17.0 Å². The average molecular weight is 642 g/mol. The number of carbonyl (C=O) groups is 6. The molecule has 10 nitrogen and oxygen atoms in total. The van der Waals surface area contributed by atoms with Gasteiger partial charge in [-0.2, -0.15) is 0 Å². The number of carbonyl (C=O) groups excluding carboxylic acids is 6. The molecule has 1 aliphatic heterocycles. The summed E-state index contributed by atoms with van der Waals surface area (Å²) in [6, 6.07) is 19.8. The molecule has 0 saturated heterocycles. The molecule has 4 rings (SSSR count). The van der Waals surface area contributed by atoms with E-state index in [0.29, 0.717) is 5.75 Å². The van der Waals surface area contributed by atoms with Crippen LogP contribution in [-0.4, -0.2) is 58.2 Å². The summed E-state index contributed by atoms with van der Waals surface area (Å²) in [7, 11) is 0. The van der Waals surface area contributed by atoms with Gasteiger partial charge in [0.05, 0.1) is 11.1 Å². The van der Waals surface area contributed by atoms with E-state index in [1.165, 1.54) is 19.1 Å².